The molecule has 0 radical (unpaired) electrons. The van der Waals surface area contributed by atoms with Gasteiger partial charge in [-0.15, -0.1) is 0 Å². The molecule has 3 aliphatic rings. The van der Waals surface area contributed by atoms with Gasteiger partial charge in [0.1, 0.15) is 11.4 Å². The monoisotopic (exact) mass is 533 g/mol. The number of fused-ring (bicyclic) bond motifs is 2. The lowest BCUT2D eigenvalue weighted by Gasteiger charge is -2.32. The number of aromatic nitrogens is 1. The number of carbonyl (C=O) groups is 1. The summed E-state index contributed by atoms with van der Waals surface area (Å²) < 4.78 is 37.5. The average molecular weight is 534 g/mol. The third kappa shape index (κ3) is 6.60. The van der Waals surface area contributed by atoms with Gasteiger partial charge in [-0.05, 0) is 76.5 Å². The van der Waals surface area contributed by atoms with Crippen LogP contribution < -0.4 is 14.8 Å². The lowest BCUT2D eigenvalue weighted by molar-refractivity contribution is -0.0230. The molecule has 1 aliphatic carbocycles. The molecule has 0 saturated heterocycles. The zero-order valence-corrected chi connectivity index (χ0v) is 22.8. The molecule has 2 aromatic rings. The smallest absolute Gasteiger partial charge is 0.278 e. The van der Waals surface area contributed by atoms with Crippen LogP contribution in [0.5, 0.6) is 10.9 Å². The topological polar surface area (TPSA) is 63.7 Å². The van der Waals surface area contributed by atoms with Gasteiger partial charge in [-0.25, -0.2) is 13.8 Å². The maximum absolute atomic E-state index is 13.1. The summed E-state index contributed by atoms with van der Waals surface area (Å²) in [5.41, 5.74) is 2.45. The normalized spacial score (nSPS) is 23.2. The van der Waals surface area contributed by atoms with Crippen LogP contribution in [-0.2, 0) is 19.4 Å². The first-order chi connectivity index (χ1) is 17.5. The Morgan fingerprint density at radius 1 is 1.30 bits per heavy atom. The molecule has 37 heavy (non-hydrogen) atoms. The molecule has 0 bridgehead atoms. The molecule has 0 unspecified atom stereocenters. The first kappa shape index (κ1) is 26.4. The van der Waals surface area contributed by atoms with E-state index >= 15 is 0 Å². The Hall–Kier alpha value is -2.26. The summed E-state index contributed by atoms with van der Waals surface area (Å²) in [5, 5.41) is 3.61. The molecule has 1 saturated carbocycles. The number of nitrogens with one attached hydrogen (secondary N) is 1. The van der Waals surface area contributed by atoms with Crippen molar-refractivity contribution in [2.75, 3.05) is 19.7 Å². The number of amides is 1. The van der Waals surface area contributed by atoms with Crippen molar-refractivity contribution in [3.63, 3.8) is 0 Å². The zero-order chi connectivity index (χ0) is 26.2. The minimum absolute atomic E-state index is 0.0311. The molecule has 2 aliphatic heterocycles. The van der Waals surface area contributed by atoms with Gasteiger partial charge in [-0.3, -0.25) is 9.69 Å². The molecule has 1 aromatic heterocycles. The lowest BCUT2D eigenvalue weighted by Crippen LogP contribution is -2.38. The summed E-state index contributed by atoms with van der Waals surface area (Å²) in [4.78, 5) is 21.1. The number of hydrogen-bond acceptors (Lipinski definition) is 6. The lowest BCUT2D eigenvalue weighted by atomic mass is 9.84. The summed E-state index contributed by atoms with van der Waals surface area (Å²) in [6, 6.07) is 6.06. The highest BCUT2D eigenvalue weighted by Gasteiger charge is 2.34. The summed E-state index contributed by atoms with van der Waals surface area (Å²) in [6.45, 7) is 7.05. The Morgan fingerprint density at radius 2 is 2.08 bits per heavy atom. The van der Waals surface area contributed by atoms with Crippen LogP contribution in [0.15, 0.2) is 18.2 Å². The van der Waals surface area contributed by atoms with Crippen LogP contribution in [-0.4, -0.2) is 53.1 Å². The van der Waals surface area contributed by atoms with E-state index < -0.39 is 12.5 Å². The number of hydrogen-bond donors (Lipinski definition) is 1. The fraction of sp³-hybridized carbons (Fsp3) is 0.643. The molecule has 5 rings (SSSR count). The largest absolute Gasteiger partial charge is 0.486 e. The number of alkyl halides is 2. The van der Waals surface area contributed by atoms with Crippen LogP contribution in [0.2, 0.25) is 0 Å². The molecule has 1 N–H and O–H groups in total. The van der Waals surface area contributed by atoms with E-state index in [2.05, 4.69) is 29.0 Å². The summed E-state index contributed by atoms with van der Waals surface area (Å²) >= 11 is 1.40. The number of benzene rings is 1. The number of thiazole rings is 1. The van der Waals surface area contributed by atoms with E-state index in [4.69, 9.17) is 9.47 Å². The Labute approximate surface area is 221 Å². The van der Waals surface area contributed by atoms with Crippen molar-refractivity contribution in [3.05, 3.63) is 39.9 Å². The number of rotatable bonds is 8. The molecule has 6 nitrogen and oxygen atoms in total. The van der Waals surface area contributed by atoms with E-state index in [1.807, 2.05) is 18.2 Å². The molecule has 1 aromatic carbocycles. The fourth-order valence-corrected chi connectivity index (χ4v) is 6.59. The van der Waals surface area contributed by atoms with E-state index in [9.17, 15) is 13.6 Å². The van der Waals surface area contributed by atoms with Gasteiger partial charge >= 0.3 is 0 Å². The van der Waals surface area contributed by atoms with Crippen molar-refractivity contribution in [2.45, 2.75) is 89.8 Å². The quantitative estimate of drug-likeness (QED) is 0.477. The van der Waals surface area contributed by atoms with Crippen LogP contribution >= 0.6 is 11.3 Å². The second kappa shape index (κ2) is 10.5. The van der Waals surface area contributed by atoms with E-state index in [-0.39, 0.29) is 17.6 Å². The van der Waals surface area contributed by atoms with E-state index in [1.54, 1.807) is 0 Å². The highest BCUT2D eigenvalue weighted by molar-refractivity contribution is 7.13. The highest BCUT2D eigenvalue weighted by Crippen LogP contribution is 2.38. The van der Waals surface area contributed by atoms with Gasteiger partial charge in [0.05, 0.1) is 11.3 Å². The standard InChI is InChI=1S/C28H37F2N3O3S/c1-27(2)15-19-5-4-6-21(24(19)36-27)25(34)31-20-9-7-18(8-10-20)11-13-33-14-12-23-22(16-33)32-26(37-23)35-17-28(3,29)30/h4-6,18,20H,7-17H2,1-3H3,(H,31,34). The van der Waals surface area contributed by atoms with Crippen LogP contribution in [0, 0.1) is 5.92 Å². The van der Waals surface area contributed by atoms with E-state index in [0.717, 1.165) is 93.4 Å². The van der Waals surface area contributed by atoms with Crippen LogP contribution in [0.4, 0.5) is 8.78 Å². The van der Waals surface area contributed by atoms with Crippen molar-refractivity contribution >= 4 is 17.2 Å². The van der Waals surface area contributed by atoms with Crippen molar-refractivity contribution in [1.29, 1.82) is 0 Å². The van der Waals surface area contributed by atoms with E-state index in [1.165, 1.54) is 11.3 Å². The maximum atomic E-state index is 13.1. The summed E-state index contributed by atoms with van der Waals surface area (Å²) in [5.74, 6) is -1.49. The number of ether oxygens (including phenoxy) is 2. The third-order valence-electron chi connectivity index (χ3n) is 7.61. The van der Waals surface area contributed by atoms with Crippen LogP contribution in [0.1, 0.15) is 79.4 Å². The number of para-hydroxylation sites is 1. The molecule has 9 heteroatoms. The molecule has 202 valence electrons. The van der Waals surface area contributed by atoms with Gasteiger partial charge in [-0.1, -0.05) is 23.5 Å². The van der Waals surface area contributed by atoms with Crippen molar-refractivity contribution < 1.29 is 23.0 Å². The minimum atomic E-state index is -2.85. The number of nitrogens with zero attached hydrogens (tertiary/aromatic N) is 2. The molecule has 0 spiro atoms. The van der Waals surface area contributed by atoms with Gasteiger partial charge in [0.25, 0.3) is 17.0 Å². The third-order valence-corrected chi connectivity index (χ3v) is 8.68. The Balaban J connectivity index is 1.05. The molecular formula is C28H37F2N3O3S. The highest BCUT2D eigenvalue weighted by atomic mass is 32.1. The van der Waals surface area contributed by atoms with Crippen LogP contribution in [0.25, 0.3) is 0 Å². The van der Waals surface area contributed by atoms with Gasteiger partial charge < -0.3 is 14.8 Å². The molecule has 1 fully saturated rings. The van der Waals surface area contributed by atoms with Gasteiger partial charge in [0, 0.05) is 37.4 Å². The second-order valence-electron chi connectivity index (χ2n) is 11.5. The van der Waals surface area contributed by atoms with Crippen molar-refractivity contribution in [1.82, 2.24) is 15.2 Å². The predicted octanol–water partition coefficient (Wildman–Crippen LogP) is 5.63. The molecule has 1 amide bonds. The predicted molar refractivity (Wildman–Crippen MR) is 140 cm³/mol. The second-order valence-corrected chi connectivity index (χ2v) is 12.6. The Morgan fingerprint density at radius 3 is 2.84 bits per heavy atom. The zero-order valence-electron chi connectivity index (χ0n) is 21.9. The number of carbonyl (C=O) groups excluding carboxylic acids is 1. The minimum Gasteiger partial charge on any atom is -0.486 e. The summed E-state index contributed by atoms with van der Waals surface area (Å²) in [7, 11) is 0. The SMILES string of the molecule is CC(F)(F)COc1nc2c(s1)CCN(CCC1CCC(NC(=O)c3cccc4c3OC(C)(C)C4)CC1)C2. The average Bonchev–Trinajstić information content (AvgIpc) is 3.39. The van der Waals surface area contributed by atoms with Gasteiger partial charge in [-0.2, -0.15) is 0 Å². The fourth-order valence-electron chi connectivity index (χ4n) is 5.69. The Bertz CT molecular complexity index is 1120. The van der Waals surface area contributed by atoms with Gasteiger partial charge in [0.15, 0.2) is 6.61 Å². The van der Waals surface area contributed by atoms with E-state index in [0.29, 0.717) is 16.7 Å². The molecule has 0 atom stereocenters. The summed E-state index contributed by atoms with van der Waals surface area (Å²) in [6.07, 6.45) is 7.05. The number of halogens is 2. The maximum Gasteiger partial charge on any atom is 0.278 e. The van der Waals surface area contributed by atoms with Crippen LogP contribution in [0.3, 0.4) is 0 Å². The molecular weight excluding hydrogens is 496 g/mol. The van der Waals surface area contributed by atoms with Crippen molar-refractivity contribution in [3.8, 4) is 10.9 Å². The van der Waals surface area contributed by atoms with Crippen molar-refractivity contribution in [2.24, 2.45) is 5.92 Å². The molecule has 3 heterocycles. The first-order valence-electron chi connectivity index (χ1n) is 13.4. The van der Waals surface area contributed by atoms with Gasteiger partial charge in [0.2, 0.25) is 0 Å². The Kier molecular flexibility index (Phi) is 7.47. The first-order valence-corrected chi connectivity index (χ1v) is 14.2.